The van der Waals surface area contributed by atoms with Gasteiger partial charge < -0.3 is 0 Å². The van der Waals surface area contributed by atoms with Gasteiger partial charge in [0.25, 0.3) is 5.91 Å². The van der Waals surface area contributed by atoms with Crippen LogP contribution in [0.25, 0.3) is 0 Å². The second kappa shape index (κ2) is 5.67. The van der Waals surface area contributed by atoms with Gasteiger partial charge in [0, 0.05) is 5.57 Å². The van der Waals surface area contributed by atoms with Crippen LogP contribution in [-0.4, -0.2) is 19.6 Å². The van der Waals surface area contributed by atoms with Crippen LogP contribution in [0, 0.1) is 5.92 Å². The van der Waals surface area contributed by atoms with E-state index < -0.39 is 21.2 Å². The van der Waals surface area contributed by atoms with Gasteiger partial charge in [0.15, 0.2) is 0 Å². The molecular formula is C12H21NO3S. The molecule has 1 N–H and O–H groups in total. The van der Waals surface area contributed by atoms with Crippen molar-refractivity contribution in [1.82, 2.24) is 4.72 Å². The number of carbonyl (C=O) groups excluding carboxylic acids is 1. The van der Waals surface area contributed by atoms with Gasteiger partial charge in [-0.1, -0.05) is 26.8 Å². The van der Waals surface area contributed by atoms with Gasteiger partial charge in [-0.15, -0.1) is 0 Å². The normalized spacial score (nSPS) is 18.0. The van der Waals surface area contributed by atoms with Crippen molar-refractivity contribution < 1.29 is 13.2 Å². The average molecular weight is 259 g/mol. The Hall–Kier alpha value is -0.840. The summed E-state index contributed by atoms with van der Waals surface area (Å²) in [6.07, 6.45) is 4.81. The van der Waals surface area contributed by atoms with Crippen LogP contribution in [0.5, 0.6) is 0 Å². The Morgan fingerprint density at radius 2 is 2.12 bits per heavy atom. The second-order valence-electron chi connectivity index (χ2n) is 4.79. The number of hydrogen-bond acceptors (Lipinski definition) is 3. The highest BCUT2D eigenvalue weighted by Gasteiger charge is 2.29. The van der Waals surface area contributed by atoms with Gasteiger partial charge in [-0.25, -0.2) is 13.1 Å². The van der Waals surface area contributed by atoms with E-state index in [2.05, 4.69) is 4.72 Å². The van der Waals surface area contributed by atoms with Crippen molar-refractivity contribution in [2.75, 3.05) is 0 Å². The number of rotatable bonds is 5. The van der Waals surface area contributed by atoms with E-state index in [1.165, 1.54) is 0 Å². The smallest absolute Gasteiger partial charge is 0.260 e. The SMILES string of the molecule is CC[C@H](C(C)C)S(=O)(=O)NC(=O)C1=CCCC1. The molecule has 1 amide bonds. The first-order chi connectivity index (χ1) is 7.88. The van der Waals surface area contributed by atoms with E-state index in [4.69, 9.17) is 0 Å². The largest absolute Gasteiger partial charge is 0.269 e. The third-order valence-electron chi connectivity index (χ3n) is 3.11. The Kier molecular flexibility index (Phi) is 4.74. The molecule has 4 nitrogen and oxygen atoms in total. The fourth-order valence-corrected chi connectivity index (χ4v) is 3.89. The highest BCUT2D eigenvalue weighted by atomic mass is 32.2. The van der Waals surface area contributed by atoms with Crippen molar-refractivity contribution in [2.45, 2.75) is 51.7 Å². The highest BCUT2D eigenvalue weighted by molar-refractivity contribution is 7.90. The highest BCUT2D eigenvalue weighted by Crippen LogP contribution is 2.19. The van der Waals surface area contributed by atoms with Crippen molar-refractivity contribution >= 4 is 15.9 Å². The number of hydrogen-bond donors (Lipinski definition) is 1. The lowest BCUT2D eigenvalue weighted by Crippen LogP contribution is -2.40. The number of amides is 1. The quantitative estimate of drug-likeness (QED) is 0.821. The van der Waals surface area contributed by atoms with Crippen LogP contribution < -0.4 is 4.72 Å². The van der Waals surface area contributed by atoms with Crippen LogP contribution in [0.15, 0.2) is 11.6 Å². The molecule has 0 unspecified atom stereocenters. The minimum absolute atomic E-state index is 0.00265. The average Bonchev–Trinajstić information content (AvgIpc) is 2.68. The van der Waals surface area contributed by atoms with Crippen LogP contribution in [0.2, 0.25) is 0 Å². The summed E-state index contributed by atoms with van der Waals surface area (Å²) in [5.74, 6) is -0.440. The van der Waals surface area contributed by atoms with Crippen LogP contribution in [0.1, 0.15) is 46.5 Å². The molecule has 0 bridgehead atoms. The summed E-state index contributed by atoms with van der Waals surface area (Å²) in [6, 6.07) is 0. The molecule has 0 heterocycles. The van der Waals surface area contributed by atoms with Crippen LogP contribution in [0.3, 0.4) is 0 Å². The third-order valence-corrected chi connectivity index (χ3v) is 5.26. The van der Waals surface area contributed by atoms with E-state index >= 15 is 0 Å². The first-order valence-corrected chi connectivity index (χ1v) is 7.68. The van der Waals surface area contributed by atoms with E-state index in [9.17, 15) is 13.2 Å². The summed E-state index contributed by atoms with van der Waals surface area (Å²) in [7, 11) is -3.55. The van der Waals surface area contributed by atoms with Gasteiger partial charge in [-0.2, -0.15) is 0 Å². The predicted octanol–water partition coefficient (Wildman–Crippen LogP) is 1.98. The van der Waals surface area contributed by atoms with Crippen molar-refractivity contribution in [3.63, 3.8) is 0 Å². The molecule has 0 aromatic carbocycles. The lowest BCUT2D eigenvalue weighted by atomic mass is 10.1. The van der Waals surface area contributed by atoms with E-state index in [1.807, 2.05) is 26.8 Å². The monoisotopic (exact) mass is 259 g/mol. The Bertz CT molecular complexity index is 409. The lowest BCUT2D eigenvalue weighted by molar-refractivity contribution is -0.115. The van der Waals surface area contributed by atoms with E-state index in [0.29, 0.717) is 18.4 Å². The first kappa shape index (κ1) is 14.2. The molecule has 0 aromatic rings. The maximum absolute atomic E-state index is 12.0. The molecule has 1 aliphatic rings. The number of allylic oxidation sites excluding steroid dienone is 1. The van der Waals surface area contributed by atoms with Crippen molar-refractivity contribution in [3.05, 3.63) is 11.6 Å². The predicted molar refractivity (Wildman–Crippen MR) is 67.9 cm³/mol. The summed E-state index contributed by atoms with van der Waals surface area (Å²) in [4.78, 5) is 11.7. The standard InChI is InChI=1S/C12H21NO3S/c1-4-11(9(2)3)17(15,16)13-12(14)10-7-5-6-8-10/h7,9,11H,4-6,8H2,1-3H3,(H,13,14)/t11-/m1/s1. The fraction of sp³-hybridized carbons (Fsp3) is 0.750. The molecule has 0 saturated heterocycles. The van der Waals surface area contributed by atoms with Crippen molar-refractivity contribution in [2.24, 2.45) is 5.92 Å². The molecule has 0 saturated carbocycles. The van der Waals surface area contributed by atoms with Gasteiger partial charge in [0.2, 0.25) is 10.0 Å². The Morgan fingerprint density at radius 3 is 2.53 bits per heavy atom. The molecule has 5 heteroatoms. The Morgan fingerprint density at radius 1 is 1.47 bits per heavy atom. The molecular weight excluding hydrogens is 238 g/mol. The topological polar surface area (TPSA) is 63.2 Å². The summed E-state index contributed by atoms with van der Waals surface area (Å²) in [6.45, 7) is 5.53. The summed E-state index contributed by atoms with van der Waals surface area (Å²) in [5.41, 5.74) is 0.604. The minimum Gasteiger partial charge on any atom is -0.269 e. The third kappa shape index (κ3) is 3.56. The van der Waals surface area contributed by atoms with Crippen LogP contribution in [0.4, 0.5) is 0 Å². The summed E-state index contributed by atoms with van der Waals surface area (Å²) < 4.78 is 26.2. The van der Waals surface area contributed by atoms with Crippen LogP contribution >= 0.6 is 0 Å². The molecule has 0 radical (unpaired) electrons. The maximum Gasteiger partial charge on any atom is 0.260 e. The van der Waals surface area contributed by atoms with E-state index in [1.54, 1.807) is 0 Å². The molecule has 0 fully saturated rings. The minimum atomic E-state index is -3.55. The maximum atomic E-state index is 12.0. The molecule has 1 aliphatic carbocycles. The van der Waals surface area contributed by atoms with Gasteiger partial charge in [0.05, 0.1) is 5.25 Å². The summed E-state index contributed by atoms with van der Waals surface area (Å²) in [5, 5.41) is -0.506. The van der Waals surface area contributed by atoms with Gasteiger partial charge in [-0.3, -0.25) is 4.79 Å². The fourth-order valence-electron chi connectivity index (χ4n) is 2.20. The molecule has 17 heavy (non-hydrogen) atoms. The second-order valence-corrected chi connectivity index (χ2v) is 6.69. The van der Waals surface area contributed by atoms with Gasteiger partial charge in [0.1, 0.15) is 0 Å². The van der Waals surface area contributed by atoms with Crippen molar-refractivity contribution in [1.29, 1.82) is 0 Å². The van der Waals surface area contributed by atoms with E-state index in [-0.39, 0.29) is 5.92 Å². The van der Waals surface area contributed by atoms with Crippen molar-refractivity contribution in [3.8, 4) is 0 Å². The Labute approximate surface area is 104 Å². The molecule has 1 rings (SSSR count). The molecule has 0 aromatic heterocycles. The molecule has 98 valence electrons. The number of sulfonamides is 1. The van der Waals surface area contributed by atoms with Gasteiger partial charge >= 0.3 is 0 Å². The number of carbonyl (C=O) groups is 1. The zero-order chi connectivity index (χ0) is 13.1. The summed E-state index contributed by atoms with van der Waals surface area (Å²) >= 11 is 0. The zero-order valence-electron chi connectivity index (χ0n) is 10.7. The first-order valence-electron chi connectivity index (χ1n) is 6.13. The Balaban J connectivity index is 2.75. The molecule has 1 atom stereocenters. The zero-order valence-corrected chi connectivity index (χ0v) is 11.5. The van der Waals surface area contributed by atoms with Crippen LogP contribution in [-0.2, 0) is 14.8 Å². The van der Waals surface area contributed by atoms with E-state index in [0.717, 1.165) is 12.8 Å². The van der Waals surface area contributed by atoms with Gasteiger partial charge in [-0.05, 0) is 31.6 Å². The molecule has 0 aliphatic heterocycles. The number of nitrogens with one attached hydrogen (secondary N) is 1. The molecule has 0 spiro atoms. The lowest BCUT2D eigenvalue weighted by Gasteiger charge is -2.19.